The van der Waals surface area contributed by atoms with E-state index in [1.807, 2.05) is 4.72 Å². The Kier molecular flexibility index (Phi) is 4.47. The molecule has 1 aromatic rings. The molecular formula is C10H8BrF3N2O2S. The lowest BCUT2D eigenvalue weighted by atomic mass is 10.2. The third-order valence-corrected chi connectivity index (χ3v) is 4.43. The molecule has 0 aliphatic rings. The van der Waals surface area contributed by atoms with Gasteiger partial charge in [0, 0.05) is 10.2 Å². The molecule has 0 saturated carbocycles. The van der Waals surface area contributed by atoms with Crippen LogP contribution in [0.25, 0.3) is 0 Å². The topological polar surface area (TPSA) is 70.0 Å². The maximum atomic E-state index is 12.6. The lowest BCUT2D eigenvalue weighted by molar-refractivity contribution is -0.138. The van der Waals surface area contributed by atoms with E-state index < -0.39 is 27.0 Å². The molecule has 4 nitrogen and oxygen atoms in total. The van der Waals surface area contributed by atoms with Crippen LogP contribution >= 0.6 is 15.9 Å². The molecule has 0 amide bonds. The molecule has 0 aliphatic carbocycles. The zero-order valence-electron chi connectivity index (χ0n) is 9.49. The van der Waals surface area contributed by atoms with Gasteiger partial charge in [-0.1, -0.05) is 15.9 Å². The molecular weight excluding hydrogens is 349 g/mol. The summed E-state index contributed by atoms with van der Waals surface area (Å²) in [6.45, 7) is 1.13. The maximum Gasteiger partial charge on any atom is 0.417 e. The van der Waals surface area contributed by atoms with E-state index >= 15 is 0 Å². The minimum Gasteiger partial charge on any atom is -0.282 e. The first-order valence-corrected chi connectivity index (χ1v) is 7.20. The van der Waals surface area contributed by atoms with Crippen LogP contribution in [0.2, 0.25) is 0 Å². The van der Waals surface area contributed by atoms with Gasteiger partial charge in [-0.05, 0) is 25.1 Å². The van der Waals surface area contributed by atoms with Crippen LogP contribution in [0.15, 0.2) is 22.7 Å². The molecule has 0 bridgehead atoms. The van der Waals surface area contributed by atoms with E-state index in [0.717, 1.165) is 13.0 Å². The quantitative estimate of drug-likeness (QED) is 0.904. The molecule has 1 unspecified atom stereocenters. The number of nitrogens with one attached hydrogen (secondary N) is 1. The fourth-order valence-electron chi connectivity index (χ4n) is 1.13. The number of benzene rings is 1. The van der Waals surface area contributed by atoms with Gasteiger partial charge in [-0.25, -0.2) is 8.42 Å². The van der Waals surface area contributed by atoms with E-state index in [2.05, 4.69) is 15.9 Å². The average molecular weight is 357 g/mol. The number of nitriles is 1. The fraction of sp³-hybridized carbons (Fsp3) is 0.300. The van der Waals surface area contributed by atoms with Gasteiger partial charge in [0.25, 0.3) is 0 Å². The van der Waals surface area contributed by atoms with Crippen LogP contribution in [-0.4, -0.2) is 13.7 Å². The molecule has 0 saturated heterocycles. The highest BCUT2D eigenvalue weighted by atomic mass is 79.9. The van der Waals surface area contributed by atoms with Gasteiger partial charge in [0.15, 0.2) is 5.25 Å². The summed E-state index contributed by atoms with van der Waals surface area (Å²) in [6.07, 6.45) is -4.61. The van der Waals surface area contributed by atoms with Crippen LogP contribution in [0.1, 0.15) is 12.5 Å². The Labute approximate surface area is 116 Å². The Morgan fingerprint density at radius 2 is 2.00 bits per heavy atom. The summed E-state index contributed by atoms with van der Waals surface area (Å²) in [5.41, 5.74) is -1.25. The molecule has 0 heterocycles. The van der Waals surface area contributed by atoms with Crippen molar-refractivity contribution in [2.24, 2.45) is 0 Å². The van der Waals surface area contributed by atoms with Crippen molar-refractivity contribution in [3.8, 4) is 6.07 Å². The van der Waals surface area contributed by atoms with Crippen molar-refractivity contribution in [2.75, 3.05) is 4.72 Å². The van der Waals surface area contributed by atoms with Gasteiger partial charge in [-0.3, -0.25) is 4.72 Å². The van der Waals surface area contributed by atoms with Crippen molar-refractivity contribution >= 4 is 31.6 Å². The number of hydrogen-bond acceptors (Lipinski definition) is 3. The number of halogens is 4. The molecule has 104 valence electrons. The van der Waals surface area contributed by atoms with Crippen molar-refractivity contribution in [3.63, 3.8) is 0 Å². The predicted molar refractivity (Wildman–Crippen MR) is 66.8 cm³/mol. The van der Waals surface area contributed by atoms with Gasteiger partial charge in [0.1, 0.15) is 0 Å². The van der Waals surface area contributed by atoms with Crippen molar-refractivity contribution in [1.29, 1.82) is 5.26 Å². The molecule has 1 aromatic carbocycles. The molecule has 0 spiro atoms. The van der Waals surface area contributed by atoms with Crippen molar-refractivity contribution in [2.45, 2.75) is 18.3 Å². The zero-order valence-corrected chi connectivity index (χ0v) is 11.9. The van der Waals surface area contributed by atoms with E-state index in [4.69, 9.17) is 5.26 Å². The highest BCUT2D eigenvalue weighted by Crippen LogP contribution is 2.36. The molecule has 1 atom stereocenters. The third-order valence-electron chi connectivity index (χ3n) is 2.18. The van der Waals surface area contributed by atoms with E-state index in [1.165, 1.54) is 12.1 Å². The summed E-state index contributed by atoms with van der Waals surface area (Å²) in [5.74, 6) is 0. The van der Waals surface area contributed by atoms with Crippen LogP contribution < -0.4 is 4.72 Å². The Morgan fingerprint density at radius 1 is 1.42 bits per heavy atom. The Morgan fingerprint density at radius 3 is 2.47 bits per heavy atom. The SMILES string of the molecule is CC(C#N)S(=O)(=O)Nc1ccc(Br)c(C(F)(F)F)c1. The van der Waals surface area contributed by atoms with Crippen molar-refractivity contribution < 1.29 is 21.6 Å². The first kappa shape index (κ1) is 15.8. The second kappa shape index (κ2) is 5.38. The minimum absolute atomic E-state index is 0.198. The summed E-state index contributed by atoms with van der Waals surface area (Å²) in [5, 5.41) is 7.15. The van der Waals surface area contributed by atoms with Gasteiger partial charge in [-0.15, -0.1) is 0 Å². The first-order chi connectivity index (χ1) is 8.58. The molecule has 0 radical (unpaired) electrons. The predicted octanol–water partition coefficient (Wildman–Crippen LogP) is 3.12. The zero-order chi connectivity index (χ0) is 14.8. The molecule has 19 heavy (non-hydrogen) atoms. The van der Waals surface area contributed by atoms with Gasteiger partial charge in [0.05, 0.1) is 11.6 Å². The molecule has 1 rings (SSSR count). The van der Waals surface area contributed by atoms with Gasteiger partial charge >= 0.3 is 6.18 Å². The lowest BCUT2D eigenvalue weighted by Gasteiger charge is -2.13. The molecule has 1 N–H and O–H groups in total. The monoisotopic (exact) mass is 356 g/mol. The van der Waals surface area contributed by atoms with E-state index in [1.54, 1.807) is 0 Å². The van der Waals surface area contributed by atoms with Crippen LogP contribution in [0, 0.1) is 11.3 Å². The second-order valence-corrected chi connectivity index (χ2v) is 6.47. The summed E-state index contributed by atoms with van der Waals surface area (Å²) >= 11 is 2.74. The summed E-state index contributed by atoms with van der Waals surface area (Å²) in [6, 6.07) is 4.41. The standard InChI is InChI=1S/C10H8BrF3N2O2S/c1-6(5-15)19(17,18)16-7-2-3-9(11)8(4-7)10(12,13)14/h2-4,6,16H,1H3. The Balaban J connectivity index is 3.16. The van der Waals surface area contributed by atoms with Crippen molar-refractivity contribution in [3.05, 3.63) is 28.2 Å². The minimum atomic E-state index is -4.61. The Hall–Kier alpha value is -1.27. The summed E-state index contributed by atoms with van der Waals surface area (Å²) < 4.78 is 62.7. The largest absolute Gasteiger partial charge is 0.417 e. The lowest BCUT2D eigenvalue weighted by Crippen LogP contribution is -2.24. The molecule has 0 aliphatic heterocycles. The number of hydrogen-bond donors (Lipinski definition) is 1. The highest BCUT2D eigenvalue weighted by molar-refractivity contribution is 9.10. The number of alkyl halides is 3. The Bertz CT molecular complexity index is 623. The maximum absolute atomic E-state index is 12.6. The van der Waals surface area contributed by atoms with Crippen LogP contribution in [0.3, 0.4) is 0 Å². The number of sulfonamides is 1. The van der Waals surface area contributed by atoms with Crippen LogP contribution in [-0.2, 0) is 16.2 Å². The average Bonchev–Trinajstić information content (AvgIpc) is 2.28. The summed E-state index contributed by atoms with van der Waals surface area (Å²) in [7, 11) is -4.03. The van der Waals surface area contributed by atoms with Gasteiger partial charge < -0.3 is 0 Å². The van der Waals surface area contributed by atoms with Crippen LogP contribution in [0.4, 0.5) is 18.9 Å². The van der Waals surface area contributed by atoms with Crippen LogP contribution in [0.5, 0.6) is 0 Å². The number of nitrogens with zero attached hydrogens (tertiary/aromatic N) is 1. The molecule has 0 aromatic heterocycles. The second-order valence-electron chi connectivity index (χ2n) is 3.61. The number of anilines is 1. The smallest absolute Gasteiger partial charge is 0.282 e. The van der Waals surface area contributed by atoms with Gasteiger partial charge in [-0.2, -0.15) is 18.4 Å². The van der Waals surface area contributed by atoms with Gasteiger partial charge in [0.2, 0.25) is 10.0 Å². The third kappa shape index (κ3) is 3.84. The molecule has 9 heteroatoms. The van der Waals surface area contributed by atoms with E-state index in [9.17, 15) is 21.6 Å². The normalized spacial score (nSPS) is 13.7. The van der Waals surface area contributed by atoms with E-state index in [-0.39, 0.29) is 10.2 Å². The highest BCUT2D eigenvalue weighted by Gasteiger charge is 2.33. The molecule has 0 fully saturated rings. The van der Waals surface area contributed by atoms with Crippen molar-refractivity contribution in [1.82, 2.24) is 0 Å². The van der Waals surface area contributed by atoms with E-state index in [0.29, 0.717) is 6.07 Å². The summed E-state index contributed by atoms with van der Waals surface area (Å²) in [4.78, 5) is 0. The number of rotatable bonds is 3. The first-order valence-electron chi connectivity index (χ1n) is 4.86. The fourth-order valence-corrected chi connectivity index (χ4v) is 2.37.